The molecule has 1 amide bonds. The van der Waals surface area contributed by atoms with Crippen LogP contribution in [0.15, 0.2) is 54.7 Å². The Kier molecular flexibility index (Phi) is 7.60. The molecule has 1 aromatic heterocycles. The van der Waals surface area contributed by atoms with Crippen LogP contribution in [0.4, 0.5) is 11.5 Å². The Labute approximate surface area is 210 Å². The van der Waals surface area contributed by atoms with Crippen LogP contribution in [0.25, 0.3) is 17.0 Å². The first-order chi connectivity index (χ1) is 17.4. The molecule has 186 valence electrons. The average molecular weight is 487 g/mol. The topological polar surface area (TPSA) is 135 Å². The number of aromatic nitrogens is 2. The highest BCUT2D eigenvalue weighted by atomic mass is 16.5. The smallest absolute Gasteiger partial charge is 0.260 e. The third-order valence-corrected chi connectivity index (χ3v) is 5.60. The summed E-state index contributed by atoms with van der Waals surface area (Å²) in [7, 11) is 0. The first-order valence-electron chi connectivity index (χ1n) is 11.7. The lowest BCUT2D eigenvalue weighted by Crippen LogP contribution is -2.40. The number of amides is 1. The third kappa shape index (κ3) is 5.69. The van der Waals surface area contributed by atoms with Crippen LogP contribution in [-0.4, -0.2) is 34.2 Å². The maximum atomic E-state index is 12.2. The summed E-state index contributed by atoms with van der Waals surface area (Å²) in [4.78, 5) is 21.8. The molecule has 1 unspecified atom stereocenters. The Hall–Kier alpha value is -4.24. The molecule has 1 aliphatic heterocycles. The van der Waals surface area contributed by atoms with Gasteiger partial charge in [-0.1, -0.05) is 24.3 Å². The summed E-state index contributed by atoms with van der Waals surface area (Å²) in [5, 5.41) is 13.7. The summed E-state index contributed by atoms with van der Waals surface area (Å²) < 4.78 is 11.5. The molecule has 4 rings (SSSR count). The standard InChI is InChI=1S/C27H30N6O3/c1-16(2)30-27(34)17(3)36-22-6-4-5-19(11-22)25-32-24-15-35-14-23(24)26(33-25)31-21-9-7-18(8-10-21)20(12-28)13-29/h4-13,16-17,28H,14-15,29H2,1-3H3,(H,30,34)(H,31,32,33)/b20-13+,28-12?. The molecule has 0 fully saturated rings. The van der Waals surface area contributed by atoms with E-state index in [-0.39, 0.29) is 11.9 Å². The lowest BCUT2D eigenvalue weighted by atomic mass is 10.1. The summed E-state index contributed by atoms with van der Waals surface area (Å²) >= 11 is 0. The molecule has 2 aromatic carbocycles. The van der Waals surface area contributed by atoms with Crippen LogP contribution >= 0.6 is 0 Å². The molecule has 0 saturated carbocycles. The van der Waals surface area contributed by atoms with E-state index in [2.05, 4.69) is 10.6 Å². The van der Waals surface area contributed by atoms with Gasteiger partial charge in [0.25, 0.3) is 5.91 Å². The van der Waals surface area contributed by atoms with E-state index in [4.69, 9.17) is 30.6 Å². The molecule has 5 N–H and O–H groups in total. The highest BCUT2D eigenvalue weighted by Gasteiger charge is 2.21. The van der Waals surface area contributed by atoms with Crippen LogP contribution < -0.4 is 21.1 Å². The number of fused-ring (bicyclic) bond motifs is 1. The Bertz CT molecular complexity index is 1290. The van der Waals surface area contributed by atoms with Gasteiger partial charge in [-0.05, 0) is 50.6 Å². The Morgan fingerprint density at radius 3 is 2.61 bits per heavy atom. The minimum Gasteiger partial charge on any atom is -0.481 e. The summed E-state index contributed by atoms with van der Waals surface area (Å²) in [5.41, 5.74) is 10.4. The average Bonchev–Trinajstić information content (AvgIpc) is 3.35. The van der Waals surface area contributed by atoms with Crippen molar-refractivity contribution in [3.8, 4) is 17.1 Å². The molecule has 0 aliphatic carbocycles. The van der Waals surface area contributed by atoms with Crippen molar-refractivity contribution in [1.82, 2.24) is 15.3 Å². The van der Waals surface area contributed by atoms with E-state index in [1.54, 1.807) is 13.0 Å². The van der Waals surface area contributed by atoms with E-state index in [1.807, 2.05) is 56.3 Å². The van der Waals surface area contributed by atoms with E-state index in [0.717, 1.165) is 28.1 Å². The number of hydrogen-bond acceptors (Lipinski definition) is 8. The van der Waals surface area contributed by atoms with E-state index >= 15 is 0 Å². The van der Waals surface area contributed by atoms with Crippen LogP contribution in [0.3, 0.4) is 0 Å². The number of rotatable bonds is 9. The molecule has 0 saturated heterocycles. The monoisotopic (exact) mass is 486 g/mol. The van der Waals surface area contributed by atoms with Gasteiger partial charge in [0.1, 0.15) is 11.6 Å². The first kappa shape index (κ1) is 24.9. The van der Waals surface area contributed by atoms with Gasteiger partial charge in [-0.15, -0.1) is 0 Å². The van der Waals surface area contributed by atoms with Crippen molar-refractivity contribution in [3.63, 3.8) is 0 Å². The maximum absolute atomic E-state index is 12.2. The summed E-state index contributed by atoms with van der Waals surface area (Å²) in [5.74, 6) is 1.57. The maximum Gasteiger partial charge on any atom is 0.260 e. The largest absolute Gasteiger partial charge is 0.481 e. The van der Waals surface area contributed by atoms with Gasteiger partial charge >= 0.3 is 0 Å². The van der Waals surface area contributed by atoms with Gasteiger partial charge in [0.15, 0.2) is 11.9 Å². The number of carbonyl (C=O) groups excluding carboxylic acids is 1. The molecular weight excluding hydrogens is 456 g/mol. The Balaban J connectivity index is 1.59. The van der Waals surface area contributed by atoms with Crippen molar-refractivity contribution in [2.45, 2.75) is 46.1 Å². The highest BCUT2D eigenvalue weighted by molar-refractivity contribution is 6.08. The van der Waals surface area contributed by atoms with Crippen LogP contribution in [0.1, 0.15) is 37.6 Å². The molecule has 36 heavy (non-hydrogen) atoms. The molecule has 3 aromatic rings. The minimum atomic E-state index is -0.639. The number of allylic oxidation sites excluding steroid dienone is 1. The SMILES string of the molecule is CC(C)NC(=O)C(C)Oc1cccc(-c2nc3c(c(Nc4ccc(/C(C=N)=C/N)cc4)n2)COC3)c1. The normalized spacial score (nSPS) is 13.7. The molecule has 9 heteroatoms. The highest BCUT2D eigenvalue weighted by Crippen LogP contribution is 2.31. The molecule has 0 spiro atoms. The second kappa shape index (κ2) is 11.0. The number of nitrogens with two attached hydrogens (primary N) is 1. The molecule has 0 radical (unpaired) electrons. The summed E-state index contributed by atoms with van der Waals surface area (Å²) in [6.07, 6.45) is 1.99. The van der Waals surface area contributed by atoms with Gasteiger partial charge in [0, 0.05) is 40.8 Å². The summed E-state index contributed by atoms with van der Waals surface area (Å²) in [6, 6.07) is 15.0. The van der Waals surface area contributed by atoms with Crippen molar-refractivity contribution in [3.05, 3.63) is 71.6 Å². The van der Waals surface area contributed by atoms with Crippen LogP contribution in [0.2, 0.25) is 0 Å². The minimum absolute atomic E-state index is 0.0363. The van der Waals surface area contributed by atoms with Crippen LogP contribution in [0, 0.1) is 5.41 Å². The van der Waals surface area contributed by atoms with Crippen molar-refractivity contribution in [1.29, 1.82) is 5.41 Å². The van der Waals surface area contributed by atoms with Crippen molar-refractivity contribution >= 4 is 29.2 Å². The predicted molar refractivity (Wildman–Crippen MR) is 140 cm³/mol. The zero-order valence-corrected chi connectivity index (χ0v) is 20.5. The number of anilines is 2. The first-order valence-corrected chi connectivity index (χ1v) is 11.7. The number of carbonyl (C=O) groups is 1. The summed E-state index contributed by atoms with van der Waals surface area (Å²) in [6.45, 7) is 6.37. The van der Waals surface area contributed by atoms with Crippen molar-refractivity contribution in [2.75, 3.05) is 5.32 Å². The molecule has 2 heterocycles. The van der Waals surface area contributed by atoms with Gasteiger partial charge in [-0.3, -0.25) is 4.79 Å². The number of ether oxygens (including phenoxy) is 2. The van der Waals surface area contributed by atoms with Crippen molar-refractivity contribution in [2.24, 2.45) is 5.73 Å². The molecule has 9 nitrogen and oxygen atoms in total. The van der Waals surface area contributed by atoms with Gasteiger partial charge in [0.05, 0.1) is 18.9 Å². The van der Waals surface area contributed by atoms with E-state index in [0.29, 0.717) is 36.2 Å². The Morgan fingerprint density at radius 1 is 1.14 bits per heavy atom. The van der Waals surface area contributed by atoms with E-state index in [1.165, 1.54) is 12.4 Å². The van der Waals surface area contributed by atoms with Gasteiger partial charge in [0.2, 0.25) is 0 Å². The van der Waals surface area contributed by atoms with Gasteiger partial charge in [-0.25, -0.2) is 9.97 Å². The van der Waals surface area contributed by atoms with Gasteiger partial charge in [-0.2, -0.15) is 0 Å². The number of nitrogens with zero attached hydrogens (tertiary/aromatic N) is 2. The number of nitrogens with one attached hydrogen (secondary N) is 3. The fraction of sp³-hybridized carbons (Fsp3) is 0.259. The lowest BCUT2D eigenvalue weighted by molar-refractivity contribution is -0.127. The fourth-order valence-corrected chi connectivity index (χ4v) is 3.76. The molecule has 1 atom stereocenters. The zero-order valence-electron chi connectivity index (χ0n) is 20.5. The molecule has 1 aliphatic rings. The fourth-order valence-electron chi connectivity index (χ4n) is 3.76. The van der Waals surface area contributed by atoms with E-state index < -0.39 is 6.10 Å². The zero-order chi connectivity index (χ0) is 25.7. The molecule has 0 bridgehead atoms. The van der Waals surface area contributed by atoms with Crippen LogP contribution in [0.5, 0.6) is 5.75 Å². The van der Waals surface area contributed by atoms with Gasteiger partial charge < -0.3 is 31.3 Å². The molecular formula is C27H30N6O3. The predicted octanol–water partition coefficient (Wildman–Crippen LogP) is 4.16. The second-order valence-electron chi connectivity index (χ2n) is 8.73. The van der Waals surface area contributed by atoms with E-state index in [9.17, 15) is 4.79 Å². The number of hydrogen-bond donors (Lipinski definition) is 4. The third-order valence-electron chi connectivity index (χ3n) is 5.60. The van der Waals surface area contributed by atoms with Crippen LogP contribution in [-0.2, 0) is 22.7 Å². The Morgan fingerprint density at radius 2 is 1.92 bits per heavy atom. The quantitative estimate of drug-likeness (QED) is 0.334. The lowest BCUT2D eigenvalue weighted by Gasteiger charge is -2.17. The second-order valence-corrected chi connectivity index (χ2v) is 8.73. The number of benzene rings is 2. The van der Waals surface area contributed by atoms with Crippen molar-refractivity contribution < 1.29 is 14.3 Å².